The van der Waals surface area contributed by atoms with E-state index in [2.05, 4.69) is 60.0 Å². The average Bonchev–Trinajstić information content (AvgIpc) is 2.52. The van der Waals surface area contributed by atoms with Gasteiger partial charge in [-0.15, -0.1) is 24.0 Å². The van der Waals surface area contributed by atoms with E-state index in [0.717, 1.165) is 32.1 Å². The zero-order chi connectivity index (χ0) is 18.9. The number of aliphatic imine (C=N–C) groups is 1. The van der Waals surface area contributed by atoms with Gasteiger partial charge in [0.25, 0.3) is 0 Å². The largest absolute Gasteiger partial charge is 0.357 e. The Kier molecular flexibility index (Phi) is 13.0. The van der Waals surface area contributed by atoms with E-state index >= 15 is 0 Å². The summed E-state index contributed by atoms with van der Waals surface area (Å²) in [5.41, 5.74) is 0. The number of sulfone groups is 1. The summed E-state index contributed by atoms with van der Waals surface area (Å²) in [6.07, 6.45) is 0. The lowest BCUT2D eigenvalue weighted by molar-refractivity contribution is 0.178. The minimum atomic E-state index is -2.81. The van der Waals surface area contributed by atoms with Crippen molar-refractivity contribution in [3.05, 3.63) is 0 Å². The number of rotatable bonds is 9. The van der Waals surface area contributed by atoms with Crippen molar-refractivity contribution < 1.29 is 8.42 Å². The van der Waals surface area contributed by atoms with E-state index in [1.807, 2.05) is 0 Å². The van der Waals surface area contributed by atoms with Crippen molar-refractivity contribution in [3.8, 4) is 0 Å². The van der Waals surface area contributed by atoms with Gasteiger partial charge in [-0.3, -0.25) is 14.8 Å². The van der Waals surface area contributed by atoms with Crippen LogP contribution in [-0.2, 0) is 9.84 Å². The van der Waals surface area contributed by atoms with Crippen LogP contribution in [-0.4, -0.2) is 93.6 Å². The normalized spacial score (nSPS) is 18.2. The molecule has 0 aromatic heterocycles. The molecule has 1 aliphatic heterocycles. The van der Waals surface area contributed by atoms with Crippen molar-refractivity contribution in [2.24, 2.45) is 4.99 Å². The number of guanidine groups is 1. The molecule has 0 bridgehead atoms. The van der Waals surface area contributed by atoms with Gasteiger partial charge in [0.2, 0.25) is 0 Å². The van der Waals surface area contributed by atoms with Gasteiger partial charge in [-0.25, -0.2) is 8.42 Å². The van der Waals surface area contributed by atoms with Crippen LogP contribution in [0, 0.1) is 0 Å². The Morgan fingerprint density at radius 2 is 1.69 bits per heavy atom. The summed E-state index contributed by atoms with van der Waals surface area (Å²) in [4.78, 5) is 9.24. The summed E-state index contributed by atoms with van der Waals surface area (Å²) in [5, 5.41) is 6.67. The lowest BCUT2D eigenvalue weighted by Crippen LogP contribution is -2.45. The number of hydrogen-bond acceptors (Lipinski definition) is 5. The molecule has 1 aliphatic rings. The molecule has 0 unspecified atom stereocenters. The van der Waals surface area contributed by atoms with Crippen LogP contribution in [0.1, 0.15) is 34.6 Å². The van der Waals surface area contributed by atoms with E-state index in [9.17, 15) is 8.42 Å². The quantitative estimate of drug-likeness (QED) is 0.278. The van der Waals surface area contributed by atoms with Gasteiger partial charge in [0.15, 0.2) is 15.8 Å². The molecule has 9 heteroatoms. The molecule has 0 amide bonds. The molecule has 0 aliphatic carbocycles. The molecular formula is C17H38IN5O2S. The zero-order valence-corrected chi connectivity index (χ0v) is 20.1. The molecule has 0 spiro atoms. The molecule has 7 nitrogen and oxygen atoms in total. The first-order valence-corrected chi connectivity index (χ1v) is 11.3. The molecule has 0 aromatic rings. The Balaban J connectivity index is 0.00000625. The van der Waals surface area contributed by atoms with Gasteiger partial charge in [-0.05, 0) is 34.6 Å². The Hall–Kier alpha value is -0.130. The Labute approximate surface area is 177 Å². The van der Waals surface area contributed by atoms with E-state index in [4.69, 9.17) is 0 Å². The number of nitrogens with one attached hydrogen (secondary N) is 2. The van der Waals surface area contributed by atoms with Gasteiger partial charge in [0.1, 0.15) is 0 Å². The SMILES string of the molecule is CCNC(=NCCN1CCS(=O)(=O)CC1)NCCN(C(C)C)C(C)C.I. The van der Waals surface area contributed by atoms with Gasteiger partial charge in [-0.2, -0.15) is 0 Å². The fourth-order valence-corrected chi connectivity index (χ4v) is 4.31. The molecule has 1 heterocycles. The third kappa shape index (κ3) is 10.3. The number of nitrogens with zero attached hydrogens (tertiary/aromatic N) is 3. The number of hydrogen-bond donors (Lipinski definition) is 2. The summed E-state index contributed by atoms with van der Waals surface area (Å²) in [5.74, 6) is 1.38. The van der Waals surface area contributed by atoms with Crippen molar-refractivity contribution in [2.75, 3.05) is 57.3 Å². The first-order valence-electron chi connectivity index (χ1n) is 9.46. The van der Waals surface area contributed by atoms with Crippen LogP contribution in [0.4, 0.5) is 0 Å². The predicted molar refractivity (Wildman–Crippen MR) is 121 cm³/mol. The Morgan fingerprint density at radius 1 is 1.12 bits per heavy atom. The van der Waals surface area contributed by atoms with Crippen LogP contribution in [0.3, 0.4) is 0 Å². The van der Waals surface area contributed by atoms with E-state index < -0.39 is 9.84 Å². The number of halogens is 1. The van der Waals surface area contributed by atoms with E-state index in [1.165, 1.54) is 0 Å². The van der Waals surface area contributed by atoms with E-state index in [0.29, 0.717) is 31.7 Å². The molecule has 1 rings (SSSR count). The van der Waals surface area contributed by atoms with Crippen molar-refractivity contribution in [1.29, 1.82) is 0 Å². The highest BCUT2D eigenvalue weighted by atomic mass is 127. The maximum atomic E-state index is 11.5. The van der Waals surface area contributed by atoms with Crippen LogP contribution in [0.2, 0.25) is 0 Å². The van der Waals surface area contributed by atoms with E-state index in [1.54, 1.807) is 0 Å². The minimum Gasteiger partial charge on any atom is -0.357 e. The van der Waals surface area contributed by atoms with Crippen LogP contribution in [0.5, 0.6) is 0 Å². The van der Waals surface area contributed by atoms with Gasteiger partial charge in [-0.1, -0.05) is 0 Å². The highest BCUT2D eigenvalue weighted by Gasteiger charge is 2.20. The van der Waals surface area contributed by atoms with Crippen LogP contribution in [0.25, 0.3) is 0 Å². The van der Waals surface area contributed by atoms with Crippen molar-refractivity contribution in [1.82, 2.24) is 20.4 Å². The van der Waals surface area contributed by atoms with Gasteiger partial charge < -0.3 is 10.6 Å². The first kappa shape index (κ1) is 25.9. The second-order valence-electron chi connectivity index (χ2n) is 7.11. The summed E-state index contributed by atoms with van der Waals surface area (Å²) < 4.78 is 22.9. The maximum Gasteiger partial charge on any atom is 0.191 e. The van der Waals surface area contributed by atoms with Gasteiger partial charge in [0, 0.05) is 51.4 Å². The molecule has 1 saturated heterocycles. The topological polar surface area (TPSA) is 77.0 Å². The second kappa shape index (κ2) is 13.1. The van der Waals surface area contributed by atoms with Crippen molar-refractivity contribution in [3.63, 3.8) is 0 Å². The molecule has 0 radical (unpaired) electrons. The maximum absolute atomic E-state index is 11.5. The monoisotopic (exact) mass is 503 g/mol. The molecule has 0 atom stereocenters. The molecule has 2 N–H and O–H groups in total. The fraction of sp³-hybridized carbons (Fsp3) is 0.941. The lowest BCUT2D eigenvalue weighted by Gasteiger charge is -2.30. The Morgan fingerprint density at radius 3 is 2.19 bits per heavy atom. The molecular weight excluding hydrogens is 465 g/mol. The summed E-state index contributed by atoms with van der Waals surface area (Å²) >= 11 is 0. The average molecular weight is 503 g/mol. The highest BCUT2D eigenvalue weighted by molar-refractivity contribution is 14.0. The smallest absolute Gasteiger partial charge is 0.191 e. The molecule has 1 fully saturated rings. The molecule has 156 valence electrons. The van der Waals surface area contributed by atoms with Crippen LogP contribution in [0.15, 0.2) is 4.99 Å². The lowest BCUT2D eigenvalue weighted by atomic mass is 10.2. The summed E-state index contributed by atoms with van der Waals surface area (Å²) in [6, 6.07) is 1.05. The van der Waals surface area contributed by atoms with Gasteiger partial charge >= 0.3 is 0 Å². The minimum absolute atomic E-state index is 0. The van der Waals surface area contributed by atoms with Crippen molar-refractivity contribution in [2.45, 2.75) is 46.7 Å². The van der Waals surface area contributed by atoms with Crippen LogP contribution >= 0.6 is 24.0 Å². The van der Waals surface area contributed by atoms with E-state index in [-0.39, 0.29) is 35.5 Å². The fourth-order valence-electron chi connectivity index (χ4n) is 3.03. The van der Waals surface area contributed by atoms with Gasteiger partial charge in [0.05, 0.1) is 18.1 Å². The highest BCUT2D eigenvalue weighted by Crippen LogP contribution is 2.04. The zero-order valence-electron chi connectivity index (χ0n) is 17.0. The second-order valence-corrected chi connectivity index (χ2v) is 9.41. The standard InChI is InChI=1S/C17H37N5O2S.HI/c1-6-18-17(20-8-10-22(15(2)3)16(4)5)19-7-9-21-11-13-25(23,24)14-12-21;/h15-16H,6-14H2,1-5H3,(H2,18,19,20);1H. The molecule has 26 heavy (non-hydrogen) atoms. The van der Waals surface area contributed by atoms with Crippen molar-refractivity contribution >= 4 is 39.8 Å². The molecule has 0 aromatic carbocycles. The third-order valence-corrected chi connectivity index (χ3v) is 6.07. The summed E-state index contributed by atoms with van der Waals surface area (Å²) in [6.45, 7) is 16.3. The summed E-state index contributed by atoms with van der Waals surface area (Å²) in [7, 11) is -2.81. The third-order valence-electron chi connectivity index (χ3n) is 4.46. The molecule has 0 saturated carbocycles. The first-order chi connectivity index (χ1) is 11.7. The predicted octanol–water partition coefficient (Wildman–Crippen LogP) is 1.01. The van der Waals surface area contributed by atoms with Crippen LogP contribution < -0.4 is 10.6 Å². The Bertz CT molecular complexity index is 489.